The zero-order valence-electron chi connectivity index (χ0n) is 6.53. The minimum atomic E-state index is -0.730. The molecule has 12 heavy (non-hydrogen) atoms. The molecule has 0 bridgehead atoms. The van der Waals surface area contributed by atoms with Gasteiger partial charge in [0.05, 0.1) is 6.04 Å². The van der Waals surface area contributed by atoms with Gasteiger partial charge in [-0.05, 0) is 24.1 Å². The van der Waals surface area contributed by atoms with Gasteiger partial charge in [0.25, 0.3) is 0 Å². The predicted octanol–water partition coefficient (Wildman–Crippen LogP) is 0.785. The Morgan fingerprint density at radius 3 is 2.92 bits per heavy atom. The fourth-order valence-corrected chi connectivity index (χ4v) is 0.985. The maximum Gasteiger partial charge on any atom is 0.138 e. The third-order valence-electron chi connectivity index (χ3n) is 1.53. The number of aldehydes is 1. The van der Waals surface area contributed by atoms with Crippen LogP contribution in [-0.2, 0) is 11.2 Å². The monoisotopic (exact) mass is 164 g/mol. The van der Waals surface area contributed by atoms with Crippen LogP contribution >= 0.6 is 0 Å². The molecular formula is C9H10NO2. The Bertz CT molecular complexity index is 273. The Morgan fingerprint density at radius 1 is 1.58 bits per heavy atom. The second-order valence-corrected chi connectivity index (χ2v) is 2.62. The van der Waals surface area contributed by atoms with Crippen molar-refractivity contribution in [2.45, 2.75) is 12.5 Å². The van der Waals surface area contributed by atoms with Crippen LogP contribution in [0.4, 0.5) is 0 Å². The highest BCUT2D eigenvalue weighted by atomic mass is 16.3. The van der Waals surface area contributed by atoms with E-state index in [-0.39, 0.29) is 5.75 Å². The van der Waals surface area contributed by atoms with E-state index in [1.165, 1.54) is 0 Å². The van der Waals surface area contributed by atoms with Gasteiger partial charge in [-0.1, -0.05) is 12.1 Å². The maximum absolute atomic E-state index is 10.1. The first-order valence-corrected chi connectivity index (χ1v) is 3.66. The Labute approximate surface area is 70.8 Å². The molecule has 0 aromatic heterocycles. The van der Waals surface area contributed by atoms with E-state index in [0.29, 0.717) is 12.7 Å². The number of benzene rings is 1. The van der Waals surface area contributed by atoms with Crippen LogP contribution in [0.1, 0.15) is 5.56 Å². The van der Waals surface area contributed by atoms with E-state index in [1.54, 1.807) is 24.3 Å². The van der Waals surface area contributed by atoms with Crippen molar-refractivity contribution in [1.82, 2.24) is 5.73 Å². The van der Waals surface area contributed by atoms with Crippen LogP contribution < -0.4 is 5.73 Å². The summed E-state index contributed by atoms with van der Waals surface area (Å²) in [6.07, 6.45) is 0.946. The van der Waals surface area contributed by atoms with E-state index >= 15 is 0 Å². The van der Waals surface area contributed by atoms with Gasteiger partial charge in [-0.3, -0.25) is 0 Å². The number of aromatic hydroxyl groups is 1. The predicted molar refractivity (Wildman–Crippen MR) is 44.8 cm³/mol. The third kappa shape index (κ3) is 2.36. The second-order valence-electron chi connectivity index (χ2n) is 2.62. The molecule has 0 fully saturated rings. The molecule has 0 aliphatic carbocycles. The highest BCUT2D eigenvalue weighted by Crippen LogP contribution is 2.11. The van der Waals surface area contributed by atoms with Gasteiger partial charge < -0.3 is 9.90 Å². The molecule has 1 aromatic rings. The summed E-state index contributed by atoms with van der Waals surface area (Å²) in [5.74, 6) is 0.172. The quantitative estimate of drug-likeness (QED) is 0.671. The van der Waals surface area contributed by atoms with Crippen LogP contribution in [0.2, 0.25) is 0 Å². The molecule has 0 saturated carbocycles. The number of carbonyl (C=O) groups excluding carboxylic acids is 1. The number of phenols is 1. The van der Waals surface area contributed by atoms with Gasteiger partial charge in [0.2, 0.25) is 0 Å². The first-order valence-electron chi connectivity index (χ1n) is 3.66. The van der Waals surface area contributed by atoms with E-state index in [0.717, 1.165) is 5.56 Å². The molecule has 3 nitrogen and oxygen atoms in total. The Hall–Kier alpha value is -1.35. The number of hydrogen-bond donors (Lipinski definition) is 1. The van der Waals surface area contributed by atoms with Crippen LogP contribution in [0.3, 0.4) is 0 Å². The fraction of sp³-hybridized carbons (Fsp3) is 0.222. The highest BCUT2D eigenvalue weighted by molar-refractivity contribution is 5.57. The molecule has 0 heterocycles. The average molecular weight is 164 g/mol. The molecule has 0 spiro atoms. The summed E-state index contributed by atoms with van der Waals surface area (Å²) in [6, 6.07) is 5.87. The Balaban J connectivity index is 2.69. The van der Waals surface area contributed by atoms with Gasteiger partial charge in [-0.15, -0.1) is 0 Å². The minimum absolute atomic E-state index is 0.172. The highest BCUT2D eigenvalue weighted by Gasteiger charge is 2.02. The van der Waals surface area contributed by atoms with Crippen molar-refractivity contribution in [2.24, 2.45) is 0 Å². The zero-order chi connectivity index (χ0) is 8.97. The van der Waals surface area contributed by atoms with Crippen molar-refractivity contribution in [3.05, 3.63) is 29.8 Å². The van der Waals surface area contributed by atoms with Crippen molar-refractivity contribution < 1.29 is 9.90 Å². The molecule has 1 rings (SSSR count). The summed E-state index contributed by atoms with van der Waals surface area (Å²) < 4.78 is 0. The molecule has 63 valence electrons. The third-order valence-corrected chi connectivity index (χ3v) is 1.53. The number of carbonyl (C=O) groups is 1. The number of rotatable bonds is 3. The first-order chi connectivity index (χ1) is 5.72. The van der Waals surface area contributed by atoms with Gasteiger partial charge in [-0.2, -0.15) is 0 Å². The van der Waals surface area contributed by atoms with Gasteiger partial charge in [-0.25, -0.2) is 5.73 Å². The van der Waals surface area contributed by atoms with Crippen molar-refractivity contribution in [3.63, 3.8) is 0 Å². The number of hydrogen-bond acceptors (Lipinski definition) is 2. The van der Waals surface area contributed by atoms with Crippen molar-refractivity contribution in [2.75, 3.05) is 0 Å². The fourth-order valence-electron chi connectivity index (χ4n) is 0.985. The van der Waals surface area contributed by atoms with E-state index in [1.807, 2.05) is 0 Å². The van der Waals surface area contributed by atoms with Crippen LogP contribution in [0.15, 0.2) is 24.3 Å². The van der Waals surface area contributed by atoms with Crippen LogP contribution in [0.5, 0.6) is 5.75 Å². The number of nitrogens with one attached hydrogen (secondary N) is 1. The lowest BCUT2D eigenvalue weighted by Gasteiger charge is -2.02. The van der Waals surface area contributed by atoms with E-state index in [9.17, 15) is 4.79 Å². The molecule has 3 heteroatoms. The molecular weight excluding hydrogens is 154 g/mol. The standard InChI is InChI=1S/C9H10NO2/c10-8(6-11)4-7-2-1-3-9(12)5-7/h1-3,5-6,8,10,12H,4H2. The minimum Gasteiger partial charge on any atom is -0.508 e. The van der Waals surface area contributed by atoms with Gasteiger partial charge in [0.15, 0.2) is 0 Å². The average Bonchev–Trinajstić information content (AvgIpc) is 2.04. The van der Waals surface area contributed by atoms with Crippen molar-refractivity contribution in [1.29, 1.82) is 0 Å². The maximum atomic E-state index is 10.1. The molecule has 0 saturated heterocycles. The molecule has 0 aliphatic heterocycles. The van der Waals surface area contributed by atoms with Crippen molar-refractivity contribution >= 4 is 6.29 Å². The lowest BCUT2D eigenvalue weighted by molar-refractivity contribution is -0.109. The summed E-state index contributed by atoms with van der Waals surface area (Å²) in [6.45, 7) is 0. The van der Waals surface area contributed by atoms with E-state index < -0.39 is 6.04 Å². The van der Waals surface area contributed by atoms with Gasteiger partial charge in [0, 0.05) is 0 Å². The summed E-state index contributed by atoms with van der Waals surface area (Å²) in [5.41, 5.74) is 7.99. The first kappa shape index (κ1) is 8.74. The number of phenolic OH excluding ortho intramolecular Hbond substituents is 1. The molecule has 1 aromatic carbocycles. The topological polar surface area (TPSA) is 61.1 Å². The largest absolute Gasteiger partial charge is 0.508 e. The van der Waals surface area contributed by atoms with Crippen LogP contribution in [-0.4, -0.2) is 17.4 Å². The molecule has 2 N–H and O–H groups in total. The van der Waals surface area contributed by atoms with Crippen LogP contribution in [0.25, 0.3) is 0 Å². The Kier molecular flexibility index (Phi) is 2.82. The lowest BCUT2D eigenvalue weighted by Crippen LogP contribution is -2.13. The molecule has 1 atom stereocenters. The molecule has 0 aliphatic rings. The molecule has 0 amide bonds. The summed E-state index contributed by atoms with van der Waals surface area (Å²) in [4.78, 5) is 10.1. The zero-order valence-corrected chi connectivity index (χ0v) is 6.53. The van der Waals surface area contributed by atoms with E-state index in [2.05, 4.69) is 0 Å². The second kappa shape index (κ2) is 3.88. The van der Waals surface area contributed by atoms with Gasteiger partial charge >= 0.3 is 0 Å². The van der Waals surface area contributed by atoms with Crippen LogP contribution in [0, 0.1) is 0 Å². The molecule has 1 radical (unpaired) electrons. The smallest absolute Gasteiger partial charge is 0.138 e. The summed E-state index contributed by atoms with van der Waals surface area (Å²) in [7, 11) is 0. The van der Waals surface area contributed by atoms with Gasteiger partial charge in [0.1, 0.15) is 12.0 Å². The lowest BCUT2D eigenvalue weighted by atomic mass is 10.1. The summed E-state index contributed by atoms with van der Waals surface area (Å²) in [5, 5.41) is 9.05. The van der Waals surface area contributed by atoms with E-state index in [4.69, 9.17) is 10.8 Å². The normalized spacial score (nSPS) is 12.4. The molecule has 1 unspecified atom stereocenters. The summed E-state index contributed by atoms with van der Waals surface area (Å²) >= 11 is 0. The Morgan fingerprint density at radius 2 is 2.33 bits per heavy atom. The van der Waals surface area contributed by atoms with Crippen molar-refractivity contribution in [3.8, 4) is 5.75 Å². The SMILES string of the molecule is [NH]C(C=O)Cc1cccc(O)c1.